The zero-order valence-electron chi connectivity index (χ0n) is 14.9. The Kier molecular flexibility index (Phi) is 4.61. The van der Waals surface area contributed by atoms with Gasteiger partial charge in [0.2, 0.25) is 0 Å². The Bertz CT molecular complexity index is 909. The number of amides is 1. The van der Waals surface area contributed by atoms with Crippen LogP contribution in [0.2, 0.25) is 0 Å². The van der Waals surface area contributed by atoms with Gasteiger partial charge in [-0.1, -0.05) is 19.3 Å². The van der Waals surface area contributed by atoms with E-state index in [1.807, 2.05) is 18.5 Å². The first-order valence-corrected chi connectivity index (χ1v) is 9.16. The Labute approximate surface area is 153 Å². The second-order valence-electron chi connectivity index (χ2n) is 6.83. The van der Waals surface area contributed by atoms with Crippen LogP contribution >= 0.6 is 0 Å². The van der Waals surface area contributed by atoms with Crippen LogP contribution in [0.1, 0.15) is 48.5 Å². The molecular formula is C21H23N3O2. The van der Waals surface area contributed by atoms with Crippen LogP contribution in [0.3, 0.4) is 0 Å². The zero-order chi connectivity index (χ0) is 17.9. The minimum atomic E-state index is -0.140. The summed E-state index contributed by atoms with van der Waals surface area (Å²) in [5, 5.41) is 2.95. The topological polar surface area (TPSA) is 56.1 Å². The number of aromatic nitrogens is 2. The van der Waals surface area contributed by atoms with Gasteiger partial charge in [-0.2, -0.15) is 0 Å². The van der Waals surface area contributed by atoms with Crippen LogP contribution in [0, 0.1) is 0 Å². The summed E-state index contributed by atoms with van der Waals surface area (Å²) in [5.74, 6) is 0.593. The molecular weight excluding hydrogens is 326 g/mol. The number of carbonyl (C=O) groups excluding carboxylic acids is 1. The maximum Gasteiger partial charge on any atom is 0.255 e. The molecule has 3 aromatic rings. The highest BCUT2D eigenvalue weighted by atomic mass is 16.5. The minimum absolute atomic E-state index is 0.140. The fourth-order valence-corrected chi connectivity index (χ4v) is 3.71. The number of ether oxygens (including phenoxy) is 1. The largest absolute Gasteiger partial charge is 0.497 e. The fourth-order valence-electron chi connectivity index (χ4n) is 3.71. The van der Waals surface area contributed by atoms with E-state index in [0.717, 1.165) is 22.5 Å². The number of benzene rings is 2. The Morgan fingerprint density at radius 2 is 1.88 bits per heavy atom. The van der Waals surface area contributed by atoms with Crippen LogP contribution in [-0.2, 0) is 0 Å². The van der Waals surface area contributed by atoms with Gasteiger partial charge in [0.1, 0.15) is 5.75 Å². The van der Waals surface area contributed by atoms with Gasteiger partial charge in [0.25, 0.3) is 5.91 Å². The molecule has 0 spiro atoms. The van der Waals surface area contributed by atoms with Gasteiger partial charge in [0.15, 0.2) is 0 Å². The number of carbonyl (C=O) groups is 1. The van der Waals surface area contributed by atoms with Gasteiger partial charge in [-0.15, -0.1) is 0 Å². The van der Waals surface area contributed by atoms with Crippen LogP contribution < -0.4 is 10.1 Å². The van der Waals surface area contributed by atoms with Gasteiger partial charge in [0.05, 0.1) is 24.5 Å². The second kappa shape index (κ2) is 7.20. The molecule has 1 saturated carbocycles. The van der Waals surface area contributed by atoms with E-state index in [4.69, 9.17) is 4.74 Å². The average molecular weight is 349 g/mol. The van der Waals surface area contributed by atoms with Crippen molar-refractivity contribution in [3.05, 3.63) is 54.4 Å². The molecule has 1 aliphatic rings. The number of anilines is 1. The maximum atomic E-state index is 12.4. The SMILES string of the molecule is COc1ccc(C(=O)Nc2ccc3c(c2)ncn3C2CCCCC2)cc1. The Morgan fingerprint density at radius 1 is 1.12 bits per heavy atom. The van der Waals surface area contributed by atoms with Crippen LogP contribution in [0.5, 0.6) is 5.75 Å². The van der Waals surface area contributed by atoms with E-state index < -0.39 is 0 Å². The second-order valence-corrected chi connectivity index (χ2v) is 6.83. The van der Waals surface area contributed by atoms with Crippen LogP contribution in [0.25, 0.3) is 11.0 Å². The van der Waals surface area contributed by atoms with Gasteiger partial charge in [-0.25, -0.2) is 4.98 Å². The summed E-state index contributed by atoms with van der Waals surface area (Å²) in [7, 11) is 1.61. The quantitative estimate of drug-likeness (QED) is 0.736. The van der Waals surface area contributed by atoms with Gasteiger partial charge in [-0.3, -0.25) is 4.79 Å². The van der Waals surface area contributed by atoms with Gasteiger partial charge in [0, 0.05) is 17.3 Å². The third kappa shape index (κ3) is 3.29. The molecule has 1 amide bonds. The van der Waals surface area contributed by atoms with Crippen LogP contribution in [-0.4, -0.2) is 22.6 Å². The van der Waals surface area contributed by atoms with Crippen molar-refractivity contribution in [2.45, 2.75) is 38.1 Å². The molecule has 0 saturated heterocycles. The Morgan fingerprint density at radius 3 is 2.62 bits per heavy atom. The number of nitrogens with one attached hydrogen (secondary N) is 1. The number of hydrogen-bond donors (Lipinski definition) is 1. The molecule has 0 atom stereocenters. The molecule has 134 valence electrons. The first-order chi connectivity index (χ1) is 12.7. The number of nitrogens with zero attached hydrogens (tertiary/aromatic N) is 2. The molecule has 0 unspecified atom stereocenters. The van der Waals surface area contributed by atoms with Gasteiger partial charge in [-0.05, 0) is 55.3 Å². The van der Waals surface area contributed by atoms with Crippen molar-refractivity contribution < 1.29 is 9.53 Å². The predicted molar refractivity (Wildman–Crippen MR) is 103 cm³/mol. The highest BCUT2D eigenvalue weighted by molar-refractivity contribution is 6.05. The Hall–Kier alpha value is -2.82. The van der Waals surface area contributed by atoms with Gasteiger partial charge >= 0.3 is 0 Å². The molecule has 1 N–H and O–H groups in total. The first kappa shape index (κ1) is 16.6. The van der Waals surface area contributed by atoms with Crippen molar-refractivity contribution in [3.8, 4) is 5.75 Å². The summed E-state index contributed by atoms with van der Waals surface area (Å²) >= 11 is 0. The molecule has 5 heteroatoms. The summed E-state index contributed by atoms with van der Waals surface area (Å²) < 4.78 is 7.42. The molecule has 1 aromatic heterocycles. The molecule has 1 heterocycles. The molecule has 0 radical (unpaired) electrons. The molecule has 0 bridgehead atoms. The van der Waals surface area contributed by atoms with E-state index in [2.05, 4.69) is 20.9 Å². The lowest BCUT2D eigenvalue weighted by molar-refractivity contribution is 0.102. The van der Waals surface area contributed by atoms with Crippen molar-refractivity contribution in [1.82, 2.24) is 9.55 Å². The third-order valence-electron chi connectivity index (χ3n) is 5.15. The van der Waals surface area contributed by atoms with E-state index in [0.29, 0.717) is 11.6 Å². The van der Waals surface area contributed by atoms with E-state index in [-0.39, 0.29) is 5.91 Å². The van der Waals surface area contributed by atoms with Crippen LogP contribution in [0.4, 0.5) is 5.69 Å². The van der Waals surface area contributed by atoms with E-state index >= 15 is 0 Å². The lowest BCUT2D eigenvalue weighted by Gasteiger charge is -2.23. The lowest BCUT2D eigenvalue weighted by atomic mass is 9.95. The summed E-state index contributed by atoms with van der Waals surface area (Å²) in [4.78, 5) is 17.0. The number of hydrogen-bond acceptors (Lipinski definition) is 3. The maximum absolute atomic E-state index is 12.4. The van der Waals surface area contributed by atoms with Crippen molar-refractivity contribution in [3.63, 3.8) is 0 Å². The van der Waals surface area contributed by atoms with E-state index in [9.17, 15) is 4.79 Å². The van der Waals surface area contributed by atoms with Crippen molar-refractivity contribution in [2.24, 2.45) is 0 Å². The number of methoxy groups -OCH3 is 1. The number of fused-ring (bicyclic) bond motifs is 1. The smallest absolute Gasteiger partial charge is 0.255 e. The standard InChI is InChI=1S/C21H23N3O2/c1-26-18-10-7-15(8-11-18)21(25)23-16-9-12-20-19(13-16)22-14-24(20)17-5-3-2-4-6-17/h7-14,17H,2-6H2,1H3,(H,23,25). The minimum Gasteiger partial charge on any atom is -0.497 e. The lowest BCUT2D eigenvalue weighted by Crippen LogP contribution is -2.12. The highest BCUT2D eigenvalue weighted by Crippen LogP contribution is 2.31. The summed E-state index contributed by atoms with van der Waals surface area (Å²) in [6.45, 7) is 0. The molecule has 4 rings (SSSR count). The highest BCUT2D eigenvalue weighted by Gasteiger charge is 2.17. The number of imidazole rings is 1. The van der Waals surface area contributed by atoms with Crippen LogP contribution in [0.15, 0.2) is 48.8 Å². The summed E-state index contributed by atoms with van der Waals surface area (Å²) in [6.07, 6.45) is 8.31. The van der Waals surface area contributed by atoms with Gasteiger partial charge < -0.3 is 14.6 Å². The number of rotatable bonds is 4. The summed E-state index contributed by atoms with van der Waals surface area (Å²) in [6, 6.07) is 13.6. The van der Waals surface area contributed by atoms with E-state index in [1.54, 1.807) is 31.4 Å². The molecule has 2 aromatic carbocycles. The molecule has 0 aliphatic heterocycles. The summed E-state index contributed by atoms with van der Waals surface area (Å²) in [5.41, 5.74) is 3.41. The average Bonchev–Trinajstić information content (AvgIpc) is 3.12. The molecule has 1 aliphatic carbocycles. The molecule has 5 nitrogen and oxygen atoms in total. The molecule has 26 heavy (non-hydrogen) atoms. The first-order valence-electron chi connectivity index (χ1n) is 9.16. The van der Waals surface area contributed by atoms with Crippen molar-refractivity contribution in [1.29, 1.82) is 0 Å². The Balaban J connectivity index is 1.52. The molecule has 1 fully saturated rings. The van der Waals surface area contributed by atoms with Crippen molar-refractivity contribution >= 4 is 22.6 Å². The van der Waals surface area contributed by atoms with E-state index in [1.165, 1.54) is 32.1 Å². The fraction of sp³-hybridized carbons (Fsp3) is 0.333. The normalized spacial score (nSPS) is 15.1. The van der Waals surface area contributed by atoms with Crippen molar-refractivity contribution in [2.75, 3.05) is 12.4 Å². The third-order valence-corrected chi connectivity index (χ3v) is 5.15. The monoisotopic (exact) mass is 349 g/mol. The zero-order valence-corrected chi connectivity index (χ0v) is 14.9. The predicted octanol–water partition coefficient (Wildman–Crippen LogP) is 4.80.